The van der Waals surface area contributed by atoms with E-state index in [4.69, 9.17) is 9.47 Å². The average molecular weight is 448 g/mol. The summed E-state index contributed by atoms with van der Waals surface area (Å²) in [4.78, 5) is 10.5. The third-order valence-electron chi connectivity index (χ3n) is 5.55. The van der Waals surface area contributed by atoms with E-state index in [1.165, 1.54) is 15.9 Å². The predicted octanol–water partition coefficient (Wildman–Crippen LogP) is 1.91. The summed E-state index contributed by atoms with van der Waals surface area (Å²) >= 11 is 1.45. The number of β-amino-alcohol motifs (C(OH)–C–C–N with tert-alkyl or cyclic N) is 1. The van der Waals surface area contributed by atoms with Crippen LogP contribution in [-0.4, -0.2) is 87.7 Å². The van der Waals surface area contributed by atoms with Crippen molar-refractivity contribution in [3.05, 3.63) is 34.5 Å². The van der Waals surface area contributed by atoms with Gasteiger partial charge in [0.1, 0.15) is 5.82 Å². The summed E-state index contributed by atoms with van der Waals surface area (Å²) in [5.41, 5.74) is 1.01. The van der Waals surface area contributed by atoms with Crippen molar-refractivity contribution in [1.82, 2.24) is 24.4 Å². The molecule has 3 aromatic rings. The number of aliphatic hydroxyl groups is 1. The lowest BCUT2D eigenvalue weighted by atomic mass is 10.0. The Hall–Kier alpha value is -2.40. The van der Waals surface area contributed by atoms with Crippen molar-refractivity contribution in [2.45, 2.75) is 19.9 Å². The Kier molecular flexibility index (Phi) is 6.61. The first kappa shape index (κ1) is 21.8. The molecule has 10 heteroatoms. The van der Waals surface area contributed by atoms with E-state index in [0.29, 0.717) is 35.4 Å². The van der Waals surface area contributed by atoms with Gasteiger partial charge in [0.25, 0.3) is 0 Å². The number of nitrogens with zero attached hydrogens (tertiary/aromatic N) is 5. The molecule has 4 rings (SSSR count). The summed E-state index contributed by atoms with van der Waals surface area (Å²) in [5, 5.41) is 24.6. The van der Waals surface area contributed by atoms with Crippen LogP contribution in [0, 0.1) is 6.92 Å². The van der Waals surface area contributed by atoms with Crippen molar-refractivity contribution in [1.29, 1.82) is 0 Å². The van der Waals surface area contributed by atoms with Gasteiger partial charge in [-0.3, -0.25) is 9.80 Å². The third kappa shape index (κ3) is 4.33. The van der Waals surface area contributed by atoms with E-state index in [9.17, 15) is 10.2 Å². The second-order valence-electron chi connectivity index (χ2n) is 7.49. The zero-order valence-corrected chi connectivity index (χ0v) is 18.9. The first-order valence-corrected chi connectivity index (χ1v) is 11.3. The molecule has 1 aliphatic rings. The number of methoxy groups -OCH3 is 1. The molecule has 9 nitrogen and oxygen atoms in total. The number of thiazole rings is 1. The summed E-state index contributed by atoms with van der Waals surface area (Å²) in [6.07, 6.45) is 0. The molecule has 0 bridgehead atoms. The first-order valence-electron chi connectivity index (χ1n) is 10.5. The smallest absolute Gasteiger partial charge is 0.230 e. The number of aromatic nitrogens is 3. The Bertz CT molecular complexity index is 1030. The van der Waals surface area contributed by atoms with Gasteiger partial charge in [0.05, 0.1) is 31.2 Å². The number of aliphatic hydroxyl groups excluding tert-OH is 1. The van der Waals surface area contributed by atoms with E-state index in [-0.39, 0.29) is 18.5 Å². The van der Waals surface area contributed by atoms with Gasteiger partial charge in [0.2, 0.25) is 10.8 Å². The molecule has 0 amide bonds. The van der Waals surface area contributed by atoms with Gasteiger partial charge in [-0.25, -0.2) is 4.98 Å². The topological polar surface area (TPSA) is 95.6 Å². The van der Waals surface area contributed by atoms with Crippen molar-refractivity contribution < 1.29 is 19.7 Å². The van der Waals surface area contributed by atoms with Gasteiger partial charge >= 0.3 is 0 Å². The Morgan fingerprint density at radius 3 is 2.61 bits per heavy atom. The van der Waals surface area contributed by atoms with Crippen LogP contribution in [0.2, 0.25) is 0 Å². The lowest BCUT2D eigenvalue weighted by Crippen LogP contribution is -2.48. The van der Waals surface area contributed by atoms with Crippen LogP contribution in [-0.2, 0) is 0 Å². The highest BCUT2D eigenvalue weighted by Crippen LogP contribution is 2.42. The molecule has 0 aliphatic carbocycles. The van der Waals surface area contributed by atoms with Crippen LogP contribution in [0.1, 0.15) is 29.2 Å². The molecule has 0 saturated carbocycles. The van der Waals surface area contributed by atoms with Crippen LogP contribution < -0.4 is 9.47 Å². The highest BCUT2D eigenvalue weighted by Gasteiger charge is 2.32. The number of rotatable bonds is 8. The Morgan fingerprint density at radius 1 is 1.19 bits per heavy atom. The number of aromatic hydroxyl groups is 1. The number of piperazine rings is 1. The van der Waals surface area contributed by atoms with Gasteiger partial charge in [-0.05, 0) is 31.5 Å². The SMILES string of the molecule is CCOc1ccc([C@@H](c2sc3nc(C)nn3c2O)N2CCN(CCO)CC2)cc1OC. The van der Waals surface area contributed by atoms with Gasteiger partial charge in [-0.15, -0.1) is 5.10 Å². The van der Waals surface area contributed by atoms with Gasteiger partial charge in [-0.1, -0.05) is 17.4 Å². The maximum atomic E-state index is 11.0. The van der Waals surface area contributed by atoms with Crippen LogP contribution in [0.25, 0.3) is 4.96 Å². The molecule has 168 valence electrons. The fourth-order valence-electron chi connectivity index (χ4n) is 4.07. The quantitative estimate of drug-likeness (QED) is 0.541. The lowest BCUT2D eigenvalue weighted by Gasteiger charge is -2.39. The van der Waals surface area contributed by atoms with Crippen molar-refractivity contribution >= 4 is 16.3 Å². The van der Waals surface area contributed by atoms with Crippen molar-refractivity contribution in [3.63, 3.8) is 0 Å². The molecule has 0 spiro atoms. The van der Waals surface area contributed by atoms with Crippen LogP contribution >= 0.6 is 11.3 Å². The second kappa shape index (κ2) is 9.39. The highest BCUT2D eigenvalue weighted by atomic mass is 32.1. The molecule has 1 atom stereocenters. The van der Waals surface area contributed by atoms with Gasteiger partial charge in [0, 0.05) is 32.7 Å². The number of aryl methyl sites for hydroxylation is 1. The van der Waals surface area contributed by atoms with E-state index >= 15 is 0 Å². The van der Waals surface area contributed by atoms with E-state index < -0.39 is 0 Å². The molecule has 1 fully saturated rings. The fraction of sp³-hybridized carbons (Fsp3) is 0.524. The normalized spacial score (nSPS) is 16.6. The number of fused-ring (bicyclic) bond motifs is 1. The molecule has 2 aromatic heterocycles. The van der Waals surface area contributed by atoms with E-state index in [1.807, 2.05) is 32.0 Å². The number of hydrogen-bond donors (Lipinski definition) is 2. The standard InChI is InChI=1S/C21H29N5O4S/c1-4-30-16-6-5-15(13-17(16)29-3)18(25-9-7-24(8-10-25)11-12-27)19-20(28)26-21(31-19)22-14(2)23-26/h5-6,13,18,27-28H,4,7-12H2,1-3H3/t18-/m0/s1. The number of benzene rings is 1. The Labute approximate surface area is 185 Å². The molecular formula is C21H29N5O4S. The average Bonchev–Trinajstić information content (AvgIpc) is 3.28. The molecule has 1 saturated heterocycles. The summed E-state index contributed by atoms with van der Waals surface area (Å²) in [5.74, 6) is 2.11. The lowest BCUT2D eigenvalue weighted by molar-refractivity contribution is 0.0944. The van der Waals surface area contributed by atoms with Crippen molar-refractivity contribution in [2.75, 3.05) is 53.0 Å². The molecule has 1 aromatic carbocycles. The maximum Gasteiger partial charge on any atom is 0.230 e. The molecule has 2 N–H and O–H groups in total. The molecule has 31 heavy (non-hydrogen) atoms. The van der Waals surface area contributed by atoms with Gasteiger partial charge in [-0.2, -0.15) is 4.52 Å². The van der Waals surface area contributed by atoms with Gasteiger partial charge < -0.3 is 19.7 Å². The van der Waals surface area contributed by atoms with Crippen LogP contribution in [0.3, 0.4) is 0 Å². The number of ether oxygens (including phenoxy) is 2. The highest BCUT2D eigenvalue weighted by molar-refractivity contribution is 7.17. The van der Waals surface area contributed by atoms with E-state index in [1.54, 1.807) is 7.11 Å². The minimum absolute atomic E-state index is 0.122. The molecular weight excluding hydrogens is 418 g/mol. The molecule has 0 unspecified atom stereocenters. The maximum absolute atomic E-state index is 11.0. The largest absolute Gasteiger partial charge is 0.493 e. The van der Waals surface area contributed by atoms with E-state index in [0.717, 1.165) is 36.6 Å². The third-order valence-corrected chi connectivity index (χ3v) is 6.62. The fourth-order valence-corrected chi connectivity index (χ4v) is 5.23. The van der Waals surface area contributed by atoms with Gasteiger partial charge in [0.15, 0.2) is 11.5 Å². The zero-order valence-electron chi connectivity index (χ0n) is 18.1. The summed E-state index contributed by atoms with van der Waals surface area (Å²) in [7, 11) is 1.63. The van der Waals surface area contributed by atoms with Crippen LogP contribution in [0.4, 0.5) is 0 Å². The minimum Gasteiger partial charge on any atom is -0.493 e. The summed E-state index contributed by atoms with van der Waals surface area (Å²) in [6, 6.07) is 5.76. The predicted molar refractivity (Wildman–Crippen MR) is 118 cm³/mol. The van der Waals surface area contributed by atoms with Crippen LogP contribution in [0.15, 0.2) is 18.2 Å². The van der Waals surface area contributed by atoms with E-state index in [2.05, 4.69) is 19.9 Å². The molecule has 0 radical (unpaired) electrons. The van der Waals surface area contributed by atoms with Crippen LogP contribution in [0.5, 0.6) is 17.4 Å². The van der Waals surface area contributed by atoms with Crippen molar-refractivity contribution in [3.8, 4) is 17.4 Å². The Morgan fingerprint density at radius 2 is 1.97 bits per heavy atom. The summed E-state index contributed by atoms with van der Waals surface area (Å²) < 4.78 is 12.8. The second-order valence-corrected chi connectivity index (χ2v) is 8.50. The monoisotopic (exact) mass is 447 g/mol. The Balaban J connectivity index is 1.74. The summed E-state index contributed by atoms with van der Waals surface area (Å²) in [6.45, 7) is 8.48. The molecule has 1 aliphatic heterocycles. The number of hydrogen-bond acceptors (Lipinski definition) is 9. The minimum atomic E-state index is -0.172. The molecule has 3 heterocycles. The zero-order chi connectivity index (χ0) is 22.0. The first-order chi connectivity index (χ1) is 15.0. The van der Waals surface area contributed by atoms with Crippen molar-refractivity contribution in [2.24, 2.45) is 0 Å².